The normalized spacial score (nSPS) is 11.2. The molecule has 0 aliphatic carbocycles. The minimum atomic E-state index is 0.588. The first-order chi connectivity index (χ1) is 18.8. The first-order valence-electron chi connectivity index (χ1n) is 12.3. The molecule has 0 spiro atoms. The molecule has 0 saturated carbocycles. The minimum Gasteiger partial charge on any atom is -0.264 e. The van der Waals surface area contributed by atoms with Gasteiger partial charge in [0.25, 0.3) is 0 Å². The van der Waals surface area contributed by atoms with Crippen molar-refractivity contribution in [2.24, 2.45) is 0 Å². The third-order valence-electron chi connectivity index (χ3n) is 6.43. The van der Waals surface area contributed by atoms with Gasteiger partial charge in [0, 0.05) is 46.1 Å². The lowest BCUT2D eigenvalue weighted by atomic mass is 10.0. The van der Waals surface area contributed by atoms with Gasteiger partial charge in [0.05, 0.1) is 22.4 Å². The standard InChI is InChI=1S/C32H20N6/c1-4-15-27-24(12-1)29(38-32(36-27)28-16-5-6-18-34-28)21-9-7-10-22(19-21)31-35-26-14-3-2-13-25(26)30(37-31)23-11-8-17-33-20-23/h1-20H. The van der Waals surface area contributed by atoms with E-state index in [0.717, 1.165) is 55.6 Å². The van der Waals surface area contributed by atoms with Crippen LogP contribution in [0, 0.1) is 0 Å². The van der Waals surface area contributed by atoms with Crippen molar-refractivity contribution < 1.29 is 0 Å². The molecule has 38 heavy (non-hydrogen) atoms. The van der Waals surface area contributed by atoms with Crippen LogP contribution in [0.2, 0.25) is 0 Å². The SMILES string of the molecule is c1ccc(-c2nc(-c3cccc(-c4nc(-c5cccnc5)c5ccccc5n4)c3)c3ccccc3n2)nc1. The van der Waals surface area contributed by atoms with Crippen LogP contribution in [0.15, 0.2) is 122 Å². The fourth-order valence-electron chi connectivity index (χ4n) is 4.64. The van der Waals surface area contributed by atoms with E-state index in [4.69, 9.17) is 19.9 Å². The molecule has 0 unspecified atom stereocenters. The summed E-state index contributed by atoms with van der Waals surface area (Å²) >= 11 is 0. The van der Waals surface area contributed by atoms with Crippen molar-refractivity contribution in [1.82, 2.24) is 29.9 Å². The van der Waals surface area contributed by atoms with Crippen molar-refractivity contribution in [3.8, 4) is 45.4 Å². The number of hydrogen-bond acceptors (Lipinski definition) is 6. The molecular weight excluding hydrogens is 468 g/mol. The van der Waals surface area contributed by atoms with Gasteiger partial charge in [0.2, 0.25) is 0 Å². The first-order valence-corrected chi connectivity index (χ1v) is 12.3. The van der Waals surface area contributed by atoms with Crippen LogP contribution in [0.4, 0.5) is 0 Å². The van der Waals surface area contributed by atoms with Gasteiger partial charge >= 0.3 is 0 Å². The van der Waals surface area contributed by atoms with E-state index < -0.39 is 0 Å². The Balaban J connectivity index is 1.42. The number of pyridine rings is 2. The average Bonchev–Trinajstić information content (AvgIpc) is 3.01. The van der Waals surface area contributed by atoms with Crippen LogP contribution in [0.1, 0.15) is 0 Å². The van der Waals surface area contributed by atoms with Crippen molar-refractivity contribution in [3.63, 3.8) is 0 Å². The second-order valence-corrected chi connectivity index (χ2v) is 8.86. The summed E-state index contributed by atoms with van der Waals surface area (Å²) < 4.78 is 0. The summed E-state index contributed by atoms with van der Waals surface area (Å²) in [6.07, 6.45) is 5.36. The Morgan fingerprint density at radius 3 is 1.84 bits per heavy atom. The van der Waals surface area contributed by atoms with Gasteiger partial charge in [-0.25, -0.2) is 19.9 Å². The Morgan fingerprint density at radius 2 is 1.11 bits per heavy atom. The predicted molar refractivity (Wildman–Crippen MR) is 150 cm³/mol. The molecule has 3 aromatic carbocycles. The topological polar surface area (TPSA) is 77.3 Å². The highest BCUT2D eigenvalue weighted by molar-refractivity contribution is 5.95. The van der Waals surface area contributed by atoms with E-state index in [1.165, 1.54) is 0 Å². The minimum absolute atomic E-state index is 0.588. The molecule has 0 saturated heterocycles. The first kappa shape index (κ1) is 21.9. The molecule has 7 aromatic rings. The maximum absolute atomic E-state index is 5.01. The van der Waals surface area contributed by atoms with E-state index in [-0.39, 0.29) is 0 Å². The Kier molecular flexibility index (Phi) is 5.33. The third-order valence-corrected chi connectivity index (χ3v) is 6.43. The van der Waals surface area contributed by atoms with Gasteiger partial charge in [-0.3, -0.25) is 9.97 Å². The van der Waals surface area contributed by atoms with E-state index in [1.807, 2.05) is 97.2 Å². The number of aromatic nitrogens is 6. The van der Waals surface area contributed by atoms with Crippen molar-refractivity contribution >= 4 is 21.8 Å². The summed E-state index contributed by atoms with van der Waals surface area (Å²) in [5.74, 6) is 1.23. The molecule has 0 N–H and O–H groups in total. The molecule has 4 heterocycles. The van der Waals surface area contributed by atoms with Crippen molar-refractivity contribution in [1.29, 1.82) is 0 Å². The van der Waals surface area contributed by atoms with Crippen LogP contribution >= 0.6 is 0 Å². The molecule has 0 bridgehead atoms. The van der Waals surface area contributed by atoms with Gasteiger partial charge in [0.15, 0.2) is 11.6 Å². The molecule has 6 nitrogen and oxygen atoms in total. The molecule has 0 radical (unpaired) electrons. The van der Waals surface area contributed by atoms with Crippen LogP contribution in [0.25, 0.3) is 67.2 Å². The predicted octanol–water partition coefficient (Wildman–Crippen LogP) is 7.03. The van der Waals surface area contributed by atoms with Crippen LogP contribution in [0.5, 0.6) is 0 Å². The summed E-state index contributed by atoms with van der Waals surface area (Å²) in [4.78, 5) is 28.5. The largest absolute Gasteiger partial charge is 0.264 e. The second-order valence-electron chi connectivity index (χ2n) is 8.86. The number of benzene rings is 3. The Morgan fingerprint density at radius 1 is 0.447 bits per heavy atom. The van der Waals surface area contributed by atoms with Crippen LogP contribution in [0.3, 0.4) is 0 Å². The molecule has 7 rings (SSSR count). The molecule has 0 atom stereocenters. The summed E-state index contributed by atoms with van der Waals surface area (Å²) in [7, 11) is 0. The lowest BCUT2D eigenvalue weighted by Gasteiger charge is -2.11. The van der Waals surface area contributed by atoms with Crippen LogP contribution in [-0.2, 0) is 0 Å². The van der Waals surface area contributed by atoms with Gasteiger partial charge in [-0.05, 0) is 42.5 Å². The van der Waals surface area contributed by atoms with E-state index in [2.05, 4.69) is 22.1 Å². The smallest absolute Gasteiger partial charge is 0.179 e. The molecule has 0 aliphatic heterocycles. The molecule has 0 amide bonds. The highest BCUT2D eigenvalue weighted by Crippen LogP contribution is 2.33. The fourth-order valence-corrected chi connectivity index (χ4v) is 4.64. The average molecular weight is 489 g/mol. The molecular formula is C32H20N6. The summed E-state index contributed by atoms with van der Waals surface area (Å²) in [5, 5.41) is 1.96. The molecule has 178 valence electrons. The maximum atomic E-state index is 5.01. The van der Waals surface area contributed by atoms with Crippen molar-refractivity contribution in [3.05, 3.63) is 122 Å². The lowest BCUT2D eigenvalue weighted by Crippen LogP contribution is -1.98. The van der Waals surface area contributed by atoms with Gasteiger partial charge in [-0.1, -0.05) is 60.7 Å². The van der Waals surface area contributed by atoms with Crippen LogP contribution in [-0.4, -0.2) is 29.9 Å². The second kappa shape index (κ2) is 9.26. The van der Waals surface area contributed by atoms with E-state index in [0.29, 0.717) is 11.6 Å². The highest BCUT2D eigenvalue weighted by atomic mass is 14.9. The summed E-state index contributed by atoms with van der Waals surface area (Å²) in [6.45, 7) is 0. The fraction of sp³-hybridized carbons (Fsp3) is 0. The number of para-hydroxylation sites is 2. The van der Waals surface area contributed by atoms with E-state index >= 15 is 0 Å². The van der Waals surface area contributed by atoms with Crippen LogP contribution < -0.4 is 0 Å². The monoisotopic (exact) mass is 488 g/mol. The van der Waals surface area contributed by atoms with Gasteiger partial charge in [-0.2, -0.15) is 0 Å². The van der Waals surface area contributed by atoms with E-state index in [1.54, 1.807) is 12.4 Å². The van der Waals surface area contributed by atoms with Gasteiger partial charge < -0.3 is 0 Å². The molecule has 6 heteroatoms. The molecule has 0 fully saturated rings. The van der Waals surface area contributed by atoms with Gasteiger partial charge in [-0.15, -0.1) is 0 Å². The quantitative estimate of drug-likeness (QED) is 0.265. The Bertz CT molecular complexity index is 1920. The zero-order valence-electron chi connectivity index (χ0n) is 20.2. The van der Waals surface area contributed by atoms with Gasteiger partial charge in [0.1, 0.15) is 5.69 Å². The third kappa shape index (κ3) is 3.94. The van der Waals surface area contributed by atoms with E-state index in [9.17, 15) is 0 Å². The van der Waals surface area contributed by atoms with Crippen molar-refractivity contribution in [2.75, 3.05) is 0 Å². The summed E-state index contributed by atoms with van der Waals surface area (Å²) in [5.41, 5.74) is 6.98. The number of fused-ring (bicyclic) bond motifs is 2. The lowest BCUT2D eigenvalue weighted by molar-refractivity contribution is 1.18. The maximum Gasteiger partial charge on any atom is 0.179 e. The number of nitrogens with zero attached hydrogens (tertiary/aromatic N) is 6. The van der Waals surface area contributed by atoms with Crippen molar-refractivity contribution in [2.45, 2.75) is 0 Å². The molecule has 4 aromatic heterocycles. The molecule has 0 aliphatic rings. The highest BCUT2D eigenvalue weighted by Gasteiger charge is 2.15. The Hall–Kier alpha value is -5.36. The Labute approximate surface area is 218 Å². The zero-order valence-corrected chi connectivity index (χ0v) is 20.2. The summed E-state index contributed by atoms with van der Waals surface area (Å²) in [6, 6.07) is 34.0. The number of hydrogen-bond donors (Lipinski definition) is 0. The zero-order chi connectivity index (χ0) is 25.3. The number of rotatable bonds is 4.